The first-order chi connectivity index (χ1) is 11.6. The summed E-state index contributed by atoms with van der Waals surface area (Å²) < 4.78 is 6.60. The zero-order chi connectivity index (χ0) is 16.7. The van der Waals surface area contributed by atoms with Crippen molar-refractivity contribution in [1.29, 1.82) is 0 Å². The van der Waals surface area contributed by atoms with Gasteiger partial charge in [-0.05, 0) is 34.5 Å². The van der Waals surface area contributed by atoms with Crippen LogP contribution >= 0.6 is 15.9 Å². The Kier molecular flexibility index (Phi) is 4.45. The van der Waals surface area contributed by atoms with Gasteiger partial charge >= 0.3 is 0 Å². The van der Waals surface area contributed by atoms with Gasteiger partial charge in [-0.1, -0.05) is 13.8 Å². The molecule has 0 amide bonds. The number of likely N-dealkylation sites (tertiary alicyclic amines) is 2. The predicted octanol–water partition coefficient (Wildman–Crippen LogP) is 3.41. The summed E-state index contributed by atoms with van der Waals surface area (Å²) in [6, 6.07) is 5.44. The number of halogens is 1. The molecular weight excluding hydrogens is 368 g/mol. The average molecular weight is 391 g/mol. The van der Waals surface area contributed by atoms with Gasteiger partial charge in [-0.3, -0.25) is 14.8 Å². The van der Waals surface area contributed by atoms with E-state index < -0.39 is 0 Å². The van der Waals surface area contributed by atoms with Crippen molar-refractivity contribution in [2.75, 3.05) is 13.1 Å². The summed E-state index contributed by atoms with van der Waals surface area (Å²) >= 11 is 3.45. The molecule has 0 spiro atoms. The van der Waals surface area contributed by atoms with Crippen LogP contribution in [0.1, 0.15) is 43.3 Å². The Hall–Kier alpha value is -1.24. The second kappa shape index (κ2) is 6.58. The van der Waals surface area contributed by atoms with Crippen LogP contribution in [-0.2, 0) is 13.1 Å². The molecule has 2 unspecified atom stereocenters. The quantitative estimate of drug-likeness (QED) is 0.782. The SMILES string of the molecule is CC(C)c1ocnc1CN1CC2CC1CN2Cc1ccc(Br)cn1. The minimum atomic E-state index is 0.391. The molecular formula is C18H23BrN4O. The predicted molar refractivity (Wildman–Crippen MR) is 95.5 cm³/mol. The Balaban J connectivity index is 1.37. The van der Waals surface area contributed by atoms with Crippen LogP contribution in [0.4, 0.5) is 0 Å². The fourth-order valence-corrected chi connectivity index (χ4v) is 4.22. The molecule has 2 aromatic heterocycles. The molecule has 24 heavy (non-hydrogen) atoms. The lowest BCUT2D eigenvalue weighted by Gasteiger charge is -2.33. The summed E-state index contributed by atoms with van der Waals surface area (Å²) in [7, 11) is 0. The van der Waals surface area contributed by atoms with Gasteiger partial charge in [0.2, 0.25) is 0 Å². The minimum Gasteiger partial charge on any atom is -0.448 e. The largest absolute Gasteiger partial charge is 0.448 e. The van der Waals surface area contributed by atoms with Gasteiger partial charge in [-0.25, -0.2) is 4.98 Å². The summed E-state index contributed by atoms with van der Waals surface area (Å²) in [4.78, 5) is 14.1. The van der Waals surface area contributed by atoms with Gasteiger partial charge in [-0.15, -0.1) is 0 Å². The zero-order valence-corrected chi connectivity index (χ0v) is 15.7. The molecule has 2 aliphatic rings. The summed E-state index contributed by atoms with van der Waals surface area (Å²) in [6.45, 7) is 8.42. The first-order valence-electron chi connectivity index (χ1n) is 8.61. The third kappa shape index (κ3) is 3.15. The van der Waals surface area contributed by atoms with E-state index in [4.69, 9.17) is 4.42 Å². The number of nitrogens with zero attached hydrogens (tertiary/aromatic N) is 4. The van der Waals surface area contributed by atoms with Gasteiger partial charge in [0.25, 0.3) is 0 Å². The van der Waals surface area contributed by atoms with Crippen LogP contribution in [0.2, 0.25) is 0 Å². The maximum Gasteiger partial charge on any atom is 0.181 e. The summed E-state index contributed by atoms with van der Waals surface area (Å²) in [6.07, 6.45) is 4.73. The van der Waals surface area contributed by atoms with Crippen LogP contribution in [0.25, 0.3) is 0 Å². The van der Waals surface area contributed by atoms with E-state index in [1.54, 1.807) is 6.39 Å². The van der Waals surface area contributed by atoms with Crippen molar-refractivity contribution in [3.05, 3.63) is 46.3 Å². The average Bonchev–Trinajstić information content (AvgIpc) is 3.25. The Labute approximate surface area is 151 Å². The summed E-state index contributed by atoms with van der Waals surface area (Å²) in [5.74, 6) is 1.43. The highest BCUT2D eigenvalue weighted by atomic mass is 79.9. The monoisotopic (exact) mass is 390 g/mol. The lowest BCUT2D eigenvalue weighted by Crippen LogP contribution is -2.45. The number of hydrogen-bond acceptors (Lipinski definition) is 5. The highest BCUT2D eigenvalue weighted by Gasteiger charge is 2.43. The Morgan fingerprint density at radius 1 is 1.17 bits per heavy atom. The second-order valence-electron chi connectivity index (χ2n) is 7.19. The molecule has 4 heterocycles. The molecule has 0 N–H and O–H groups in total. The molecule has 0 radical (unpaired) electrons. The molecule has 5 nitrogen and oxygen atoms in total. The van der Waals surface area contributed by atoms with E-state index in [9.17, 15) is 0 Å². The van der Waals surface area contributed by atoms with Crippen LogP contribution in [-0.4, -0.2) is 44.9 Å². The zero-order valence-electron chi connectivity index (χ0n) is 14.2. The van der Waals surface area contributed by atoms with Crippen molar-refractivity contribution in [2.24, 2.45) is 0 Å². The third-order valence-corrected chi connectivity index (χ3v) is 5.64. The lowest BCUT2D eigenvalue weighted by atomic mass is 10.1. The van der Waals surface area contributed by atoms with E-state index in [0.29, 0.717) is 18.0 Å². The molecule has 0 aromatic carbocycles. The maximum atomic E-state index is 5.57. The first kappa shape index (κ1) is 16.2. The summed E-state index contributed by atoms with van der Waals surface area (Å²) in [5.41, 5.74) is 2.26. The van der Waals surface area contributed by atoms with Crippen molar-refractivity contribution in [3.8, 4) is 0 Å². The number of pyridine rings is 1. The number of oxazole rings is 1. The fourth-order valence-electron chi connectivity index (χ4n) is 3.99. The Morgan fingerprint density at radius 2 is 1.92 bits per heavy atom. The third-order valence-electron chi connectivity index (χ3n) is 5.17. The van der Waals surface area contributed by atoms with Gasteiger partial charge in [0.05, 0.1) is 11.4 Å². The van der Waals surface area contributed by atoms with Crippen molar-refractivity contribution in [1.82, 2.24) is 19.8 Å². The molecule has 2 aromatic rings. The van der Waals surface area contributed by atoms with Gasteiger partial charge in [0.1, 0.15) is 5.76 Å². The van der Waals surface area contributed by atoms with Crippen LogP contribution in [0.15, 0.2) is 33.6 Å². The maximum absolute atomic E-state index is 5.57. The van der Waals surface area contributed by atoms with Crippen molar-refractivity contribution in [2.45, 2.75) is 51.4 Å². The van der Waals surface area contributed by atoms with E-state index in [2.05, 4.69) is 61.7 Å². The minimum absolute atomic E-state index is 0.391. The van der Waals surface area contributed by atoms with Crippen molar-refractivity contribution >= 4 is 15.9 Å². The number of rotatable bonds is 5. The van der Waals surface area contributed by atoms with E-state index >= 15 is 0 Å². The lowest BCUT2D eigenvalue weighted by molar-refractivity contribution is 0.115. The number of aromatic nitrogens is 2. The summed E-state index contributed by atoms with van der Waals surface area (Å²) in [5, 5.41) is 0. The van der Waals surface area contributed by atoms with Crippen molar-refractivity contribution in [3.63, 3.8) is 0 Å². The van der Waals surface area contributed by atoms with E-state index in [1.807, 2.05) is 6.20 Å². The van der Waals surface area contributed by atoms with Gasteiger partial charge in [-0.2, -0.15) is 0 Å². The smallest absolute Gasteiger partial charge is 0.181 e. The fraction of sp³-hybridized carbons (Fsp3) is 0.556. The Morgan fingerprint density at radius 3 is 2.54 bits per heavy atom. The molecule has 0 saturated carbocycles. The van der Waals surface area contributed by atoms with Crippen LogP contribution in [0, 0.1) is 0 Å². The van der Waals surface area contributed by atoms with Gasteiger partial charge in [0.15, 0.2) is 6.39 Å². The molecule has 4 rings (SSSR count). The normalized spacial score (nSPS) is 24.3. The standard InChI is InChI=1S/C18H23BrN4O/c1-12(2)18-17(21-11-24-18)10-23-9-15-5-16(23)8-22(15)7-14-4-3-13(19)6-20-14/h3-4,6,11-12,15-16H,5,7-10H2,1-2H3. The van der Waals surface area contributed by atoms with Crippen LogP contribution in [0.5, 0.6) is 0 Å². The molecule has 128 valence electrons. The van der Waals surface area contributed by atoms with E-state index in [0.717, 1.165) is 47.8 Å². The second-order valence-corrected chi connectivity index (χ2v) is 8.10. The number of fused-ring (bicyclic) bond motifs is 2. The van der Waals surface area contributed by atoms with Crippen LogP contribution in [0.3, 0.4) is 0 Å². The molecule has 2 saturated heterocycles. The number of hydrogen-bond donors (Lipinski definition) is 0. The molecule has 2 atom stereocenters. The van der Waals surface area contributed by atoms with E-state index in [1.165, 1.54) is 6.42 Å². The molecule has 2 bridgehead atoms. The molecule has 2 fully saturated rings. The molecule has 2 aliphatic heterocycles. The van der Waals surface area contributed by atoms with Gasteiger partial charge < -0.3 is 4.42 Å². The van der Waals surface area contributed by atoms with Crippen molar-refractivity contribution < 1.29 is 4.42 Å². The number of piperazine rings is 1. The topological polar surface area (TPSA) is 45.4 Å². The highest BCUT2D eigenvalue weighted by Crippen LogP contribution is 2.33. The van der Waals surface area contributed by atoms with E-state index in [-0.39, 0.29) is 0 Å². The first-order valence-corrected chi connectivity index (χ1v) is 9.40. The Bertz CT molecular complexity index is 699. The van der Waals surface area contributed by atoms with Crippen LogP contribution < -0.4 is 0 Å². The molecule has 0 aliphatic carbocycles. The van der Waals surface area contributed by atoms with Gasteiger partial charge in [0, 0.05) is 54.9 Å². The molecule has 6 heteroatoms. The highest BCUT2D eigenvalue weighted by molar-refractivity contribution is 9.10.